The normalized spacial score (nSPS) is 12.1. The molecule has 17 heavy (non-hydrogen) atoms. The van der Waals surface area contributed by atoms with Gasteiger partial charge in [-0.1, -0.05) is 23.7 Å². The number of carbonyl (C=O) groups excluding carboxylic acids is 1. The second kappa shape index (κ2) is 6.07. The molecule has 88 valence electrons. The predicted octanol–water partition coefficient (Wildman–Crippen LogP) is 2.69. The summed E-state index contributed by atoms with van der Waals surface area (Å²) in [7, 11) is 0. The van der Waals surface area contributed by atoms with Gasteiger partial charge in [0.15, 0.2) is 0 Å². The molecule has 0 bridgehead atoms. The maximum atomic E-state index is 11.4. The van der Waals surface area contributed by atoms with Crippen molar-refractivity contribution in [2.24, 2.45) is 0 Å². The molecule has 0 radical (unpaired) electrons. The molecule has 3 nitrogen and oxygen atoms in total. The number of halogens is 1. The fraction of sp³-hybridized carbons (Fsp3) is 0.231. The number of rotatable bonds is 3. The lowest BCUT2D eigenvalue weighted by molar-refractivity contribution is -0.116. The third-order valence-electron chi connectivity index (χ3n) is 2.18. The first-order valence-corrected chi connectivity index (χ1v) is 5.55. The summed E-state index contributed by atoms with van der Waals surface area (Å²) in [5.41, 5.74) is 1.84. The number of carbonyl (C=O) groups is 1. The van der Waals surface area contributed by atoms with Crippen LogP contribution < -0.4 is 5.32 Å². The summed E-state index contributed by atoms with van der Waals surface area (Å²) >= 11 is 5.96. The van der Waals surface area contributed by atoms with E-state index in [9.17, 15) is 4.79 Å². The first-order chi connectivity index (χ1) is 8.02. The smallest absolute Gasteiger partial charge is 0.245 e. The van der Waals surface area contributed by atoms with Gasteiger partial charge in [0.2, 0.25) is 5.91 Å². The van der Waals surface area contributed by atoms with Gasteiger partial charge in [0.25, 0.3) is 0 Å². The summed E-state index contributed by atoms with van der Waals surface area (Å²) < 4.78 is 0. The Morgan fingerprint density at radius 2 is 2.29 bits per heavy atom. The number of hydrogen-bond acceptors (Lipinski definition) is 2. The summed E-state index contributed by atoms with van der Waals surface area (Å²) in [6, 6.07) is 6.98. The molecule has 0 heterocycles. The molecule has 0 aliphatic heterocycles. The molecule has 0 aromatic heterocycles. The molecule has 0 aliphatic rings. The monoisotopic (exact) mass is 248 g/mol. The Balaban J connectivity index is 2.68. The van der Waals surface area contributed by atoms with E-state index in [0.29, 0.717) is 5.02 Å². The zero-order valence-electron chi connectivity index (χ0n) is 9.70. The summed E-state index contributed by atoms with van der Waals surface area (Å²) in [5.74, 6) is -0.296. The number of benzene rings is 1. The molecule has 1 atom stereocenters. The van der Waals surface area contributed by atoms with Crippen LogP contribution in [0.2, 0.25) is 5.02 Å². The first kappa shape index (κ1) is 13.3. The SMILES string of the molecule is Cc1ccc(/C=C/C(=O)N[C@@H](C)C#N)cc1Cl. The molecule has 4 heteroatoms. The lowest BCUT2D eigenvalue weighted by Gasteiger charge is -2.02. The van der Waals surface area contributed by atoms with Gasteiger partial charge in [-0.05, 0) is 37.1 Å². The molecule has 0 aliphatic carbocycles. The minimum atomic E-state index is -0.492. The fourth-order valence-electron chi connectivity index (χ4n) is 1.18. The van der Waals surface area contributed by atoms with Crippen molar-refractivity contribution in [1.29, 1.82) is 5.26 Å². The maximum Gasteiger partial charge on any atom is 0.245 e. The van der Waals surface area contributed by atoms with E-state index in [0.717, 1.165) is 11.1 Å². The van der Waals surface area contributed by atoms with Crippen LogP contribution >= 0.6 is 11.6 Å². The van der Waals surface area contributed by atoms with E-state index in [2.05, 4.69) is 5.32 Å². The number of aryl methyl sites for hydroxylation is 1. The van der Waals surface area contributed by atoms with Gasteiger partial charge in [0, 0.05) is 11.1 Å². The lowest BCUT2D eigenvalue weighted by Crippen LogP contribution is -2.29. The standard InChI is InChI=1S/C13H13ClN2O/c1-9-3-4-11(7-12(9)14)5-6-13(17)16-10(2)8-15/h3-7,10H,1-2H3,(H,16,17)/b6-5+/t10-/m0/s1. The molecule has 1 amide bonds. The summed E-state index contributed by atoms with van der Waals surface area (Å²) in [4.78, 5) is 11.4. The average Bonchev–Trinajstić information content (AvgIpc) is 2.30. The van der Waals surface area contributed by atoms with Gasteiger partial charge in [-0.3, -0.25) is 4.79 Å². The molecule has 1 aromatic rings. The highest BCUT2D eigenvalue weighted by Gasteiger charge is 2.01. The Morgan fingerprint density at radius 1 is 1.59 bits per heavy atom. The van der Waals surface area contributed by atoms with Gasteiger partial charge in [-0.15, -0.1) is 0 Å². The average molecular weight is 249 g/mol. The van der Waals surface area contributed by atoms with Crippen molar-refractivity contribution in [3.05, 3.63) is 40.4 Å². The minimum absolute atomic E-state index is 0.296. The number of nitriles is 1. The highest BCUT2D eigenvalue weighted by Crippen LogP contribution is 2.17. The lowest BCUT2D eigenvalue weighted by atomic mass is 10.1. The van der Waals surface area contributed by atoms with Crippen LogP contribution in [0.1, 0.15) is 18.1 Å². The van der Waals surface area contributed by atoms with Crippen LogP contribution in [0.4, 0.5) is 0 Å². The molecule has 1 N–H and O–H groups in total. The van der Waals surface area contributed by atoms with E-state index in [1.165, 1.54) is 6.08 Å². The molecule has 1 aromatic carbocycles. The van der Waals surface area contributed by atoms with E-state index >= 15 is 0 Å². The highest BCUT2D eigenvalue weighted by atomic mass is 35.5. The zero-order chi connectivity index (χ0) is 12.8. The van der Waals surface area contributed by atoms with Crippen molar-refractivity contribution < 1.29 is 4.79 Å². The van der Waals surface area contributed by atoms with Crippen molar-refractivity contribution >= 4 is 23.6 Å². The maximum absolute atomic E-state index is 11.4. The molecule has 1 rings (SSSR count). The van der Waals surface area contributed by atoms with Crippen LogP contribution in [0.25, 0.3) is 6.08 Å². The van der Waals surface area contributed by atoms with Crippen LogP contribution in [0.5, 0.6) is 0 Å². The number of nitrogens with one attached hydrogen (secondary N) is 1. The molecular weight excluding hydrogens is 236 g/mol. The van der Waals surface area contributed by atoms with Crippen molar-refractivity contribution in [2.75, 3.05) is 0 Å². The van der Waals surface area contributed by atoms with Gasteiger partial charge in [0.1, 0.15) is 6.04 Å². The van der Waals surface area contributed by atoms with Gasteiger partial charge in [0.05, 0.1) is 6.07 Å². The van der Waals surface area contributed by atoms with Crippen LogP contribution in [0.15, 0.2) is 24.3 Å². The quantitative estimate of drug-likeness (QED) is 0.837. The summed E-state index contributed by atoms with van der Waals surface area (Å²) in [6.07, 6.45) is 3.04. The Labute approximate surface area is 106 Å². The van der Waals surface area contributed by atoms with Crippen molar-refractivity contribution in [3.8, 4) is 6.07 Å². The van der Waals surface area contributed by atoms with Gasteiger partial charge in [-0.25, -0.2) is 0 Å². The number of amides is 1. The Kier molecular flexibility index (Phi) is 4.74. The third kappa shape index (κ3) is 4.29. The van der Waals surface area contributed by atoms with Gasteiger partial charge >= 0.3 is 0 Å². The predicted molar refractivity (Wildman–Crippen MR) is 68.4 cm³/mol. The second-order valence-corrected chi connectivity index (χ2v) is 4.11. The molecular formula is C13H13ClN2O. The van der Waals surface area contributed by atoms with E-state index in [1.54, 1.807) is 19.1 Å². The fourth-order valence-corrected chi connectivity index (χ4v) is 1.37. The number of nitrogens with zero attached hydrogens (tertiary/aromatic N) is 1. The van der Waals surface area contributed by atoms with Gasteiger partial charge < -0.3 is 5.32 Å². The number of hydrogen-bond donors (Lipinski definition) is 1. The molecule has 0 unspecified atom stereocenters. The third-order valence-corrected chi connectivity index (χ3v) is 2.58. The second-order valence-electron chi connectivity index (χ2n) is 3.70. The molecule has 0 spiro atoms. The van der Waals surface area contributed by atoms with Crippen molar-refractivity contribution in [2.45, 2.75) is 19.9 Å². The van der Waals surface area contributed by atoms with E-state index < -0.39 is 6.04 Å². The van der Waals surface area contributed by atoms with Crippen LogP contribution in [-0.2, 0) is 4.79 Å². The van der Waals surface area contributed by atoms with E-state index in [4.69, 9.17) is 16.9 Å². The zero-order valence-corrected chi connectivity index (χ0v) is 10.5. The van der Waals surface area contributed by atoms with Crippen LogP contribution in [0, 0.1) is 18.3 Å². The Morgan fingerprint density at radius 3 is 2.88 bits per heavy atom. The molecule has 0 saturated heterocycles. The summed E-state index contributed by atoms with van der Waals surface area (Å²) in [6.45, 7) is 3.53. The topological polar surface area (TPSA) is 52.9 Å². The molecule has 0 saturated carbocycles. The highest BCUT2D eigenvalue weighted by molar-refractivity contribution is 6.31. The summed E-state index contributed by atoms with van der Waals surface area (Å²) in [5, 5.41) is 11.7. The Bertz CT molecular complexity index is 489. The van der Waals surface area contributed by atoms with Crippen molar-refractivity contribution in [1.82, 2.24) is 5.32 Å². The largest absolute Gasteiger partial charge is 0.337 e. The van der Waals surface area contributed by atoms with Crippen LogP contribution in [-0.4, -0.2) is 11.9 Å². The minimum Gasteiger partial charge on any atom is -0.337 e. The van der Waals surface area contributed by atoms with Crippen LogP contribution in [0.3, 0.4) is 0 Å². The Hall–Kier alpha value is -1.79. The van der Waals surface area contributed by atoms with Crippen molar-refractivity contribution in [3.63, 3.8) is 0 Å². The van der Waals surface area contributed by atoms with E-state index in [-0.39, 0.29) is 5.91 Å². The molecule has 0 fully saturated rings. The first-order valence-electron chi connectivity index (χ1n) is 5.17. The van der Waals surface area contributed by atoms with E-state index in [1.807, 2.05) is 25.1 Å². The van der Waals surface area contributed by atoms with Gasteiger partial charge in [-0.2, -0.15) is 5.26 Å².